The Labute approximate surface area is 200 Å². The molecule has 5 rings (SSSR count). The summed E-state index contributed by atoms with van der Waals surface area (Å²) in [6.45, 7) is 0. The van der Waals surface area contributed by atoms with Crippen molar-refractivity contribution >= 4 is 23.6 Å². The molecule has 3 N–H and O–H groups in total. The van der Waals surface area contributed by atoms with E-state index in [0.717, 1.165) is 11.1 Å². The summed E-state index contributed by atoms with van der Waals surface area (Å²) in [6, 6.07) is 21.6. The number of thioether (sulfide) groups is 1. The zero-order valence-electron chi connectivity index (χ0n) is 18.2. The maximum Gasteiger partial charge on any atom is 0.278 e. The van der Waals surface area contributed by atoms with Crippen molar-refractivity contribution < 1.29 is 14.0 Å². The van der Waals surface area contributed by atoms with Crippen LogP contribution in [0.5, 0.6) is 0 Å². The number of fused-ring (bicyclic) bond motifs is 3. The van der Waals surface area contributed by atoms with E-state index in [2.05, 4.69) is 10.4 Å². The van der Waals surface area contributed by atoms with Crippen LogP contribution >= 0.6 is 11.8 Å². The van der Waals surface area contributed by atoms with E-state index in [0.29, 0.717) is 22.5 Å². The number of amides is 2. The van der Waals surface area contributed by atoms with Gasteiger partial charge < -0.3 is 5.73 Å². The Morgan fingerprint density at radius 1 is 0.971 bits per heavy atom. The van der Waals surface area contributed by atoms with Gasteiger partial charge >= 0.3 is 0 Å². The molecule has 0 saturated heterocycles. The van der Waals surface area contributed by atoms with Crippen molar-refractivity contribution in [2.75, 3.05) is 6.26 Å². The summed E-state index contributed by atoms with van der Waals surface area (Å²) in [4.78, 5) is 26.0. The van der Waals surface area contributed by atoms with Crippen molar-refractivity contribution in [3.8, 4) is 16.9 Å². The number of rotatable bonds is 4. The normalized spacial score (nSPS) is 16.4. The predicted molar refractivity (Wildman–Crippen MR) is 130 cm³/mol. The third-order valence-electron chi connectivity index (χ3n) is 5.91. The van der Waals surface area contributed by atoms with Gasteiger partial charge in [-0.1, -0.05) is 42.5 Å². The molecule has 0 bridgehead atoms. The van der Waals surface area contributed by atoms with Crippen LogP contribution in [0, 0.1) is 5.82 Å². The Kier molecular flexibility index (Phi) is 5.77. The van der Waals surface area contributed by atoms with Gasteiger partial charge in [0, 0.05) is 21.9 Å². The maximum absolute atomic E-state index is 13.6. The van der Waals surface area contributed by atoms with Gasteiger partial charge in [0.05, 0.1) is 17.4 Å². The maximum atomic E-state index is 13.6. The first kappa shape index (κ1) is 22.1. The van der Waals surface area contributed by atoms with Gasteiger partial charge in [0.2, 0.25) is 0 Å². The molecule has 6 nitrogen and oxygen atoms in total. The summed E-state index contributed by atoms with van der Waals surface area (Å²) >= 11 is 1.59. The number of nitrogens with one attached hydrogen (secondary N) is 1. The molecule has 2 unspecified atom stereocenters. The van der Waals surface area contributed by atoms with Gasteiger partial charge in [-0.3, -0.25) is 14.9 Å². The second-order valence-corrected chi connectivity index (χ2v) is 8.90. The zero-order chi connectivity index (χ0) is 23.8. The van der Waals surface area contributed by atoms with E-state index in [1.807, 2.05) is 30.5 Å². The van der Waals surface area contributed by atoms with Gasteiger partial charge in [-0.25, -0.2) is 9.07 Å². The summed E-state index contributed by atoms with van der Waals surface area (Å²) in [5, 5.41) is 6.93. The highest BCUT2D eigenvalue weighted by Gasteiger charge is 2.38. The average molecular weight is 473 g/mol. The molecule has 3 aromatic carbocycles. The minimum atomic E-state index is -0.638. The molecule has 4 aromatic rings. The van der Waals surface area contributed by atoms with Crippen molar-refractivity contribution in [3.05, 3.63) is 107 Å². The molecule has 0 fully saturated rings. The van der Waals surface area contributed by atoms with E-state index >= 15 is 0 Å². The first-order valence-electron chi connectivity index (χ1n) is 10.7. The fourth-order valence-corrected chi connectivity index (χ4v) is 5.23. The highest BCUT2D eigenvalue weighted by Crippen LogP contribution is 2.50. The molecular weight excluding hydrogens is 451 g/mol. The van der Waals surface area contributed by atoms with E-state index in [9.17, 15) is 14.0 Å². The van der Waals surface area contributed by atoms with Crippen LogP contribution in [0.2, 0.25) is 0 Å². The highest BCUT2D eigenvalue weighted by molar-refractivity contribution is 7.98. The lowest BCUT2D eigenvalue weighted by Gasteiger charge is -2.31. The van der Waals surface area contributed by atoms with E-state index in [-0.39, 0.29) is 16.8 Å². The average Bonchev–Trinajstić information content (AvgIpc) is 3.27. The van der Waals surface area contributed by atoms with Crippen LogP contribution < -0.4 is 11.1 Å². The molecule has 8 heteroatoms. The lowest BCUT2D eigenvalue weighted by atomic mass is 9.85. The lowest BCUT2D eigenvalue weighted by molar-refractivity contribution is 0.0845. The van der Waals surface area contributed by atoms with Crippen LogP contribution in [-0.4, -0.2) is 27.9 Å². The van der Waals surface area contributed by atoms with Crippen LogP contribution in [0.3, 0.4) is 0 Å². The molecule has 2 atom stereocenters. The Hall–Kier alpha value is -3.75. The number of aromatic nitrogens is 2. The molecule has 1 heterocycles. The number of halogens is 1. The topological polar surface area (TPSA) is 90.0 Å². The molecule has 0 radical (unpaired) electrons. The van der Waals surface area contributed by atoms with Gasteiger partial charge in [0.15, 0.2) is 5.69 Å². The number of hydrogen-bond acceptors (Lipinski definition) is 5. The summed E-state index contributed by atoms with van der Waals surface area (Å²) in [5.74, 6) is -1.54. The fourth-order valence-electron chi connectivity index (χ4n) is 4.35. The molecular formula is C26H21FN4O2S. The summed E-state index contributed by atoms with van der Waals surface area (Å²) in [7, 11) is 0. The van der Waals surface area contributed by atoms with Crippen molar-refractivity contribution in [2.24, 2.45) is 5.73 Å². The molecule has 1 aliphatic carbocycles. The summed E-state index contributed by atoms with van der Waals surface area (Å²) in [6.07, 6.45) is 1.97. The summed E-state index contributed by atoms with van der Waals surface area (Å²) < 4.78 is 15.2. The van der Waals surface area contributed by atoms with Gasteiger partial charge in [0.1, 0.15) is 5.82 Å². The van der Waals surface area contributed by atoms with Crippen molar-refractivity contribution in [1.82, 2.24) is 15.1 Å². The number of carbonyl (C=O) groups excluding carboxylic acids is 2. The number of nitrogens with zero attached hydrogens (tertiary/aromatic N) is 2. The molecule has 2 amide bonds. The Balaban J connectivity index is 1.68. The van der Waals surface area contributed by atoms with Crippen molar-refractivity contribution in [2.45, 2.75) is 11.3 Å². The van der Waals surface area contributed by atoms with Gasteiger partial charge in [-0.15, -0.1) is 0 Å². The third-order valence-corrected chi connectivity index (χ3v) is 6.96. The SMILES string of the molecule is CSC1c2ccccc2-c2c(c(C(=O)NC(=O)c3ccccc3)nn2-c2ccc(F)cc2)C1N. The standard InChI is InChI=1S/C26H21FN4O2S/c1-34-24-19-10-6-5-9-18(19)23-20(21(24)28)22(30-31(23)17-13-11-16(27)12-14-17)26(33)29-25(32)15-7-3-2-4-8-15/h2-14,21,24H,28H2,1H3,(H,29,32,33). The quantitative estimate of drug-likeness (QED) is 0.422. The van der Waals surface area contributed by atoms with E-state index in [4.69, 9.17) is 5.73 Å². The van der Waals surface area contributed by atoms with Crippen LogP contribution in [0.15, 0.2) is 78.9 Å². The van der Waals surface area contributed by atoms with Crippen LogP contribution in [0.25, 0.3) is 16.9 Å². The van der Waals surface area contributed by atoms with Crippen LogP contribution in [0.1, 0.15) is 43.3 Å². The molecule has 0 spiro atoms. The number of benzene rings is 3. The Morgan fingerprint density at radius 3 is 2.35 bits per heavy atom. The monoisotopic (exact) mass is 472 g/mol. The first-order chi connectivity index (χ1) is 16.5. The first-order valence-corrected chi connectivity index (χ1v) is 12.0. The lowest BCUT2D eigenvalue weighted by Crippen LogP contribution is -2.33. The summed E-state index contributed by atoms with van der Waals surface area (Å²) in [5.41, 5.74) is 10.9. The third kappa shape index (κ3) is 3.70. The number of nitrogens with two attached hydrogens (primary N) is 1. The molecule has 0 saturated carbocycles. The highest BCUT2D eigenvalue weighted by atomic mass is 32.2. The minimum absolute atomic E-state index is 0.0738. The molecule has 1 aromatic heterocycles. The molecule has 34 heavy (non-hydrogen) atoms. The van der Waals surface area contributed by atoms with Crippen molar-refractivity contribution in [1.29, 1.82) is 0 Å². The largest absolute Gasteiger partial charge is 0.323 e. The van der Waals surface area contributed by atoms with Gasteiger partial charge in [-0.05, 0) is 48.2 Å². The van der Waals surface area contributed by atoms with E-state index in [1.165, 1.54) is 12.1 Å². The molecule has 0 aliphatic heterocycles. The van der Waals surface area contributed by atoms with Crippen molar-refractivity contribution in [3.63, 3.8) is 0 Å². The van der Waals surface area contributed by atoms with E-state index in [1.54, 1.807) is 58.9 Å². The van der Waals surface area contributed by atoms with Gasteiger partial charge in [-0.2, -0.15) is 16.9 Å². The number of imide groups is 1. The van der Waals surface area contributed by atoms with E-state index < -0.39 is 17.9 Å². The smallest absolute Gasteiger partial charge is 0.278 e. The number of carbonyl (C=O) groups is 2. The fraction of sp³-hybridized carbons (Fsp3) is 0.115. The number of hydrogen-bond donors (Lipinski definition) is 2. The van der Waals surface area contributed by atoms with Gasteiger partial charge in [0.25, 0.3) is 11.8 Å². The molecule has 170 valence electrons. The van der Waals surface area contributed by atoms with Crippen LogP contribution in [-0.2, 0) is 0 Å². The second kappa shape index (κ2) is 8.89. The molecule has 1 aliphatic rings. The Morgan fingerprint density at radius 2 is 1.65 bits per heavy atom. The minimum Gasteiger partial charge on any atom is -0.323 e. The predicted octanol–water partition coefficient (Wildman–Crippen LogP) is 4.67. The zero-order valence-corrected chi connectivity index (χ0v) is 19.1. The van der Waals surface area contributed by atoms with Crippen LogP contribution in [0.4, 0.5) is 4.39 Å². The Bertz CT molecular complexity index is 1390. The second-order valence-electron chi connectivity index (χ2n) is 7.92.